The Balaban J connectivity index is 1.29. The number of benzene rings is 2. The molecule has 0 saturated carbocycles. The Morgan fingerprint density at radius 1 is 1.22 bits per heavy atom. The van der Waals surface area contributed by atoms with Crippen LogP contribution < -0.4 is 4.74 Å². The predicted molar refractivity (Wildman–Crippen MR) is 144 cm³/mol. The molecule has 194 valence electrons. The van der Waals surface area contributed by atoms with Crippen molar-refractivity contribution < 1.29 is 19.3 Å². The fraction of sp³-hybridized carbons (Fsp3) is 0.464. The minimum atomic E-state index is -0.753. The SMILES string of the molecule is COc1ccc2ncc(Cl)c([C@H](O)CCC3(CO)CCN(CCCSc4cccc(F)c4)CC3)c2c1. The van der Waals surface area contributed by atoms with Crippen LogP contribution in [0.3, 0.4) is 0 Å². The Hall–Kier alpha value is -1.90. The third-order valence-electron chi connectivity index (χ3n) is 7.29. The summed E-state index contributed by atoms with van der Waals surface area (Å²) in [6, 6.07) is 12.3. The molecule has 0 spiro atoms. The van der Waals surface area contributed by atoms with E-state index in [9.17, 15) is 14.6 Å². The number of rotatable bonds is 11. The van der Waals surface area contributed by atoms with Gasteiger partial charge in [-0.1, -0.05) is 17.7 Å². The lowest BCUT2D eigenvalue weighted by Crippen LogP contribution is -2.42. The molecule has 0 aliphatic carbocycles. The number of likely N-dealkylation sites (tertiary alicyclic amines) is 1. The van der Waals surface area contributed by atoms with Gasteiger partial charge in [0, 0.05) is 28.6 Å². The van der Waals surface area contributed by atoms with Crippen molar-refractivity contribution >= 4 is 34.3 Å². The predicted octanol–water partition coefficient (Wildman–Crippen LogP) is 6.11. The topological polar surface area (TPSA) is 65.8 Å². The lowest BCUT2D eigenvalue weighted by molar-refractivity contribution is 0.0238. The van der Waals surface area contributed by atoms with Crippen molar-refractivity contribution in [3.8, 4) is 5.75 Å². The molecule has 5 nitrogen and oxygen atoms in total. The van der Waals surface area contributed by atoms with Gasteiger partial charge in [0.25, 0.3) is 0 Å². The van der Waals surface area contributed by atoms with Gasteiger partial charge in [-0.3, -0.25) is 4.98 Å². The van der Waals surface area contributed by atoms with Gasteiger partial charge in [-0.15, -0.1) is 11.8 Å². The molecule has 1 fully saturated rings. The lowest BCUT2D eigenvalue weighted by Gasteiger charge is -2.41. The van der Waals surface area contributed by atoms with Gasteiger partial charge in [0.2, 0.25) is 0 Å². The maximum atomic E-state index is 13.3. The lowest BCUT2D eigenvalue weighted by atomic mass is 9.74. The quantitative estimate of drug-likeness (QED) is 0.229. The van der Waals surface area contributed by atoms with Crippen molar-refractivity contribution in [2.45, 2.75) is 43.1 Å². The van der Waals surface area contributed by atoms with Crippen molar-refractivity contribution in [2.24, 2.45) is 5.41 Å². The molecule has 1 aliphatic rings. The number of hydrogen-bond donors (Lipinski definition) is 2. The van der Waals surface area contributed by atoms with Crippen LogP contribution >= 0.6 is 23.4 Å². The average Bonchev–Trinajstić information content (AvgIpc) is 2.90. The number of fused-ring (bicyclic) bond motifs is 1. The third-order valence-corrected chi connectivity index (χ3v) is 8.67. The van der Waals surface area contributed by atoms with E-state index in [1.54, 1.807) is 37.2 Å². The van der Waals surface area contributed by atoms with Crippen LogP contribution in [0.4, 0.5) is 4.39 Å². The number of methoxy groups -OCH3 is 1. The summed E-state index contributed by atoms with van der Waals surface area (Å²) in [5.74, 6) is 1.44. The van der Waals surface area contributed by atoms with Crippen molar-refractivity contribution in [3.05, 3.63) is 65.1 Å². The van der Waals surface area contributed by atoms with Crippen molar-refractivity contribution in [1.82, 2.24) is 9.88 Å². The minimum absolute atomic E-state index is 0.113. The second-order valence-electron chi connectivity index (χ2n) is 9.62. The fourth-order valence-corrected chi connectivity index (χ4v) is 6.15. The molecular formula is C28H34ClFN2O3S. The first-order valence-electron chi connectivity index (χ1n) is 12.4. The van der Waals surface area contributed by atoms with E-state index in [2.05, 4.69) is 9.88 Å². The number of aliphatic hydroxyl groups excluding tert-OH is 2. The normalized spacial score (nSPS) is 16.8. The van der Waals surface area contributed by atoms with E-state index in [0.717, 1.165) is 66.9 Å². The number of aliphatic hydroxyl groups is 2. The molecule has 1 aliphatic heterocycles. The maximum absolute atomic E-state index is 13.3. The molecule has 1 saturated heterocycles. The number of halogens is 2. The van der Waals surface area contributed by atoms with Crippen molar-refractivity contribution in [1.29, 1.82) is 0 Å². The Bertz CT molecular complexity index is 1160. The first-order chi connectivity index (χ1) is 17.4. The van der Waals surface area contributed by atoms with Crippen molar-refractivity contribution in [3.63, 3.8) is 0 Å². The molecule has 2 aromatic carbocycles. The molecule has 2 heterocycles. The summed E-state index contributed by atoms with van der Waals surface area (Å²) in [4.78, 5) is 7.78. The standard InChI is InChI=1S/C28H34ClFN2O3S/c1-35-21-6-7-25-23(17-21)27(24(29)18-31-25)26(34)8-9-28(19-33)10-13-32(14-11-28)12-3-15-36-22-5-2-4-20(30)16-22/h2,4-7,16-18,26,33-34H,3,8-15,19H2,1H3/t26-/m1/s1. The fourth-order valence-electron chi connectivity index (χ4n) is 4.99. The zero-order valence-corrected chi connectivity index (χ0v) is 22.2. The maximum Gasteiger partial charge on any atom is 0.124 e. The summed E-state index contributed by atoms with van der Waals surface area (Å²) in [5, 5.41) is 22.6. The highest BCUT2D eigenvalue weighted by molar-refractivity contribution is 7.99. The molecule has 0 bridgehead atoms. The number of hydrogen-bond acceptors (Lipinski definition) is 6. The zero-order valence-electron chi connectivity index (χ0n) is 20.6. The molecule has 2 N–H and O–H groups in total. The summed E-state index contributed by atoms with van der Waals surface area (Å²) >= 11 is 8.15. The highest BCUT2D eigenvalue weighted by Crippen LogP contribution is 2.40. The highest BCUT2D eigenvalue weighted by atomic mass is 35.5. The number of aromatic nitrogens is 1. The summed E-state index contributed by atoms with van der Waals surface area (Å²) in [5.41, 5.74) is 1.23. The second-order valence-corrected chi connectivity index (χ2v) is 11.2. The molecule has 0 unspecified atom stereocenters. The summed E-state index contributed by atoms with van der Waals surface area (Å²) in [6.07, 6.45) is 4.89. The van der Waals surface area contributed by atoms with E-state index in [0.29, 0.717) is 22.8 Å². The molecule has 36 heavy (non-hydrogen) atoms. The van der Waals surface area contributed by atoms with E-state index in [-0.39, 0.29) is 17.8 Å². The van der Waals surface area contributed by atoms with Crippen LogP contribution in [0.1, 0.15) is 43.8 Å². The molecule has 1 aromatic heterocycles. The third kappa shape index (κ3) is 6.69. The summed E-state index contributed by atoms with van der Waals surface area (Å²) < 4.78 is 18.7. The van der Waals surface area contributed by atoms with Crippen LogP contribution in [0.15, 0.2) is 53.6 Å². The molecule has 0 radical (unpaired) electrons. The van der Waals surface area contributed by atoms with E-state index < -0.39 is 6.10 Å². The van der Waals surface area contributed by atoms with Crippen molar-refractivity contribution in [2.75, 3.05) is 39.1 Å². The molecule has 1 atom stereocenters. The highest BCUT2D eigenvalue weighted by Gasteiger charge is 2.34. The second kappa shape index (κ2) is 12.6. The number of thioether (sulfide) groups is 1. The van der Waals surface area contributed by atoms with Crippen LogP contribution in [-0.4, -0.2) is 59.2 Å². The van der Waals surface area contributed by atoms with Gasteiger partial charge in [-0.25, -0.2) is 4.39 Å². The van der Waals surface area contributed by atoms with Gasteiger partial charge in [0.05, 0.1) is 23.8 Å². The molecular weight excluding hydrogens is 499 g/mol. The van der Waals surface area contributed by atoms with Gasteiger partial charge < -0.3 is 19.8 Å². The number of pyridine rings is 1. The van der Waals surface area contributed by atoms with Crippen LogP contribution in [-0.2, 0) is 0 Å². The Morgan fingerprint density at radius 2 is 2.03 bits per heavy atom. The molecule has 3 aromatic rings. The largest absolute Gasteiger partial charge is 0.497 e. The van der Waals surface area contributed by atoms with E-state index in [1.807, 2.05) is 24.3 Å². The number of piperidine rings is 1. The number of nitrogens with zero attached hydrogens (tertiary/aromatic N) is 2. The minimum Gasteiger partial charge on any atom is -0.497 e. The summed E-state index contributed by atoms with van der Waals surface area (Å²) in [7, 11) is 1.61. The first kappa shape index (κ1) is 27.1. The van der Waals surface area contributed by atoms with E-state index in [4.69, 9.17) is 16.3 Å². The Morgan fingerprint density at radius 3 is 2.75 bits per heavy atom. The summed E-state index contributed by atoms with van der Waals surface area (Å²) in [6.45, 7) is 2.96. The smallest absolute Gasteiger partial charge is 0.124 e. The van der Waals surface area contributed by atoms with Gasteiger partial charge in [0.15, 0.2) is 0 Å². The zero-order chi connectivity index (χ0) is 25.5. The number of ether oxygens (including phenoxy) is 1. The average molecular weight is 533 g/mol. The van der Waals surface area contributed by atoms with Crippen LogP contribution in [0.2, 0.25) is 5.02 Å². The monoisotopic (exact) mass is 532 g/mol. The molecule has 0 amide bonds. The van der Waals surface area contributed by atoms with Gasteiger partial charge in [-0.05, 0) is 99.3 Å². The van der Waals surface area contributed by atoms with Crippen LogP contribution in [0.25, 0.3) is 10.9 Å². The first-order valence-corrected chi connectivity index (χ1v) is 13.8. The van der Waals surface area contributed by atoms with Gasteiger partial charge in [0.1, 0.15) is 11.6 Å². The van der Waals surface area contributed by atoms with Gasteiger partial charge >= 0.3 is 0 Å². The van der Waals surface area contributed by atoms with Crippen LogP contribution in [0, 0.1) is 11.2 Å². The van der Waals surface area contributed by atoms with Gasteiger partial charge in [-0.2, -0.15) is 0 Å². The molecule has 4 rings (SSSR count). The van der Waals surface area contributed by atoms with Crippen LogP contribution in [0.5, 0.6) is 5.75 Å². The molecule has 8 heteroatoms. The Labute approximate surface area is 221 Å². The Kier molecular flexibility index (Phi) is 9.47. The van der Waals surface area contributed by atoms with E-state index >= 15 is 0 Å². The van der Waals surface area contributed by atoms with E-state index in [1.165, 1.54) is 6.07 Å².